The van der Waals surface area contributed by atoms with Crippen LogP contribution in [0.15, 0.2) is 17.5 Å². The first-order valence-electron chi connectivity index (χ1n) is 3.94. The van der Waals surface area contributed by atoms with Gasteiger partial charge in [0, 0.05) is 13.7 Å². The van der Waals surface area contributed by atoms with Gasteiger partial charge in [0.25, 0.3) is 0 Å². The number of benzene rings is 1. The molecule has 0 N–H and O–H groups in total. The Kier molecular flexibility index (Phi) is 2.47. The van der Waals surface area contributed by atoms with Crippen LogP contribution in [0.4, 0.5) is 0 Å². The Labute approximate surface area is 94.9 Å². The summed E-state index contributed by atoms with van der Waals surface area (Å²) in [5.74, 6) is 0.982. The van der Waals surface area contributed by atoms with Gasteiger partial charge in [-0.05, 0) is 52.6 Å². The standard InChI is InChI=1S/C10H9IOS/c1-6-7-3-4-13-10(7)8(11)5-9(6)12-2/h3-5H,1-2H3. The van der Waals surface area contributed by atoms with Crippen LogP contribution in [0.25, 0.3) is 10.1 Å². The van der Waals surface area contributed by atoms with Crippen molar-refractivity contribution < 1.29 is 4.74 Å². The number of fused-ring (bicyclic) bond motifs is 1. The highest BCUT2D eigenvalue weighted by Gasteiger charge is 2.08. The van der Waals surface area contributed by atoms with Gasteiger partial charge in [0.15, 0.2) is 0 Å². The number of methoxy groups -OCH3 is 1. The maximum atomic E-state index is 5.30. The summed E-state index contributed by atoms with van der Waals surface area (Å²) in [5.41, 5.74) is 1.24. The highest BCUT2D eigenvalue weighted by molar-refractivity contribution is 14.1. The van der Waals surface area contributed by atoms with Crippen molar-refractivity contribution in [3.63, 3.8) is 0 Å². The summed E-state index contributed by atoms with van der Waals surface area (Å²) in [6.45, 7) is 2.10. The van der Waals surface area contributed by atoms with Crippen LogP contribution in [0.1, 0.15) is 5.56 Å². The van der Waals surface area contributed by atoms with Crippen LogP contribution in [0.5, 0.6) is 5.75 Å². The van der Waals surface area contributed by atoms with E-state index >= 15 is 0 Å². The van der Waals surface area contributed by atoms with Gasteiger partial charge >= 0.3 is 0 Å². The SMILES string of the molecule is COc1cc(I)c2sccc2c1C. The predicted octanol–water partition coefficient (Wildman–Crippen LogP) is 3.82. The quantitative estimate of drug-likeness (QED) is 0.728. The predicted molar refractivity (Wildman–Crippen MR) is 65.8 cm³/mol. The van der Waals surface area contributed by atoms with Gasteiger partial charge in [0.2, 0.25) is 0 Å². The second-order valence-electron chi connectivity index (χ2n) is 2.85. The molecule has 0 aliphatic heterocycles. The van der Waals surface area contributed by atoms with E-state index in [1.54, 1.807) is 18.4 Å². The lowest BCUT2D eigenvalue weighted by atomic mass is 10.1. The largest absolute Gasteiger partial charge is 0.496 e. The Morgan fingerprint density at radius 1 is 1.46 bits per heavy atom. The van der Waals surface area contributed by atoms with E-state index in [1.165, 1.54) is 19.2 Å². The van der Waals surface area contributed by atoms with Crippen molar-refractivity contribution in [2.24, 2.45) is 0 Å². The van der Waals surface area contributed by atoms with Gasteiger partial charge in [0.1, 0.15) is 5.75 Å². The Morgan fingerprint density at radius 2 is 2.23 bits per heavy atom. The van der Waals surface area contributed by atoms with E-state index in [4.69, 9.17) is 4.74 Å². The minimum Gasteiger partial charge on any atom is -0.496 e. The molecule has 68 valence electrons. The minimum absolute atomic E-state index is 0.982. The van der Waals surface area contributed by atoms with E-state index in [0.29, 0.717) is 0 Å². The molecule has 0 aliphatic carbocycles. The molecule has 0 atom stereocenters. The van der Waals surface area contributed by atoms with Crippen molar-refractivity contribution in [1.29, 1.82) is 0 Å². The molecule has 2 aromatic rings. The first kappa shape index (κ1) is 9.27. The van der Waals surface area contributed by atoms with Gasteiger partial charge < -0.3 is 4.74 Å². The minimum atomic E-state index is 0.982. The van der Waals surface area contributed by atoms with E-state index < -0.39 is 0 Å². The molecule has 1 aromatic carbocycles. The Balaban J connectivity index is 2.85. The van der Waals surface area contributed by atoms with E-state index in [0.717, 1.165) is 5.75 Å². The average molecular weight is 304 g/mol. The van der Waals surface area contributed by atoms with Crippen molar-refractivity contribution in [2.75, 3.05) is 7.11 Å². The van der Waals surface area contributed by atoms with E-state index in [2.05, 4.69) is 47.0 Å². The molecule has 0 spiro atoms. The molecule has 0 saturated carbocycles. The normalized spacial score (nSPS) is 10.7. The van der Waals surface area contributed by atoms with Crippen LogP contribution >= 0.6 is 33.9 Å². The molecule has 0 bridgehead atoms. The fourth-order valence-electron chi connectivity index (χ4n) is 1.42. The molecule has 3 heteroatoms. The fourth-order valence-corrected chi connectivity index (χ4v) is 3.24. The molecular weight excluding hydrogens is 295 g/mol. The number of hydrogen-bond donors (Lipinski definition) is 0. The van der Waals surface area contributed by atoms with Gasteiger partial charge in [-0.25, -0.2) is 0 Å². The van der Waals surface area contributed by atoms with Crippen LogP contribution in [0.2, 0.25) is 0 Å². The summed E-state index contributed by atoms with van der Waals surface area (Å²) in [4.78, 5) is 0. The summed E-state index contributed by atoms with van der Waals surface area (Å²) in [6, 6.07) is 4.24. The zero-order chi connectivity index (χ0) is 9.42. The molecule has 0 radical (unpaired) electrons. The fraction of sp³-hybridized carbons (Fsp3) is 0.200. The van der Waals surface area contributed by atoms with Crippen molar-refractivity contribution in [3.05, 3.63) is 26.6 Å². The molecule has 1 aromatic heterocycles. The molecule has 1 heterocycles. The molecule has 0 aliphatic rings. The summed E-state index contributed by atoms with van der Waals surface area (Å²) < 4.78 is 7.93. The third kappa shape index (κ3) is 1.44. The number of thiophene rings is 1. The number of ether oxygens (including phenoxy) is 1. The van der Waals surface area contributed by atoms with Crippen molar-refractivity contribution in [3.8, 4) is 5.75 Å². The maximum Gasteiger partial charge on any atom is 0.123 e. The Hall–Kier alpha value is -0.290. The second kappa shape index (κ2) is 3.46. The third-order valence-corrected chi connectivity index (χ3v) is 4.30. The van der Waals surface area contributed by atoms with Crippen molar-refractivity contribution in [2.45, 2.75) is 6.92 Å². The average Bonchev–Trinajstić information content (AvgIpc) is 2.60. The topological polar surface area (TPSA) is 9.23 Å². The number of halogens is 1. The highest BCUT2D eigenvalue weighted by Crippen LogP contribution is 2.34. The number of aryl methyl sites for hydroxylation is 1. The first-order valence-corrected chi connectivity index (χ1v) is 5.90. The molecule has 13 heavy (non-hydrogen) atoms. The second-order valence-corrected chi connectivity index (χ2v) is 4.93. The smallest absolute Gasteiger partial charge is 0.123 e. The summed E-state index contributed by atoms with van der Waals surface area (Å²) in [6.07, 6.45) is 0. The zero-order valence-corrected chi connectivity index (χ0v) is 10.4. The molecule has 0 unspecified atom stereocenters. The highest BCUT2D eigenvalue weighted by atomic mass is 127. The van der Waals surface area contributed by atoms with Crippen molar-refractivity contribution in [1.82, 2.24) is 0 Å². The zero-order valence-electron chi connectivity index (χ0n) is 7.43. The van der Waals surface area contributed by atoms with E-state index in [9.17, 15) is 0 Å². The van der Waals surface area contributed by atoms with Gasteiger partial charge in [0.05, 0.1) is 7.11 Å². The molecule has 0 saturated heterocycles. The third-order valence-electron chi connectivity index (χ3n) is 2.13. The van der Waals surface area contributed by atoms with Crippen molar-refractivity contribution >= 4 is 44.0 Å². The van der Waals surface area contributed by atoms with Gasteiger partial charge in [-0.2, -0.15) is 0 Å². The lowest BCUT2D eigenvalue weighted by molar-refractivity contribution is 0.412. The van der Waals surface area contributed by atoms with Crippen LogP contribution in [-0.4, -0.2) is 7.11 Å². The van der Waals surface area contributed by atoms with E-state index in [1.807, 2.05) is 0 Å². The summed E-state index contributed by atoms with van der Waals surface area (Å²) in [5, 5.41) is 3.44. The van der Waals surface area contributed by atoms with Gasteiger partial charge in [-0.1, -0.05) is 0 Å². The molecular formula is C10H9IOS. The van der Waals surface area contributed by atoms with Crippen LogP contribution < -0.4 is 4.74 Å². The first-order chi connectivity index (χ1) is 6.24. The summed E-state index contributed by atoms with van der Waals surface area (Å²) >= 11 is 4.14. The van der Waals surface area contributed by atoms with Crippen LogP contribution in [-0.2, 0) is 0 Å². The molecule has 0 fully saturated rings. The van der Waals surface area contributed by atoms with Gasteiger partial charge in [-0.3, -0.25) is 0 Å². The Bertz CT molecular complexity index is 447. The molecule has 1 nitrogen and oxygen atoms in total. The lowest BCUT2D eigenvalue weighted by Gasteiger charge is -2.06. The Morgan fingerprint density at radius 3 is 2.92 bits per heavy atom. The monoisotopic (exact) mass is 304 g/mol. The lowest BCUT2D eigenvalue weighted by Crippen LogP contribution is -1.88. The maximum absolute atomic E-state index is 5.30. The van der Waals surface area contributed by atoms with Crippen LogP contribution in [0.3, 0.4) is 0 Å². The summed E-state index contributed by atoms with van der Waals surface area (Å²) in [7, 11) is 1.72. The molecule has 0 amide bonds. The van der Waals surface area contributed by atoms with Crippen LogP contribution in [0, 0.1) is 10.5 Å². The number of rotatable bonds is 1. The number of hydrogen-bond acceptors (Lipinski definition) is 2. The van der Waals surface area contributed by atoms with E-state index in [-0.39, 0.29) is 0 Å². The molecule has 2 rings (SSSR count). The van der Waals surface area contributed by atoms with Gasteiger partial charge in [-0.15, -0.1) is 11.3 Å².